The van der Waals surface area contributed by atoms with E-state index in [-0.39, 0.29) is 6.61 Å². The van der Waals surface area contributed by atoms with E-state index in [1.165, 1.54) is 26.2 Å². The number of hydrogen-bond acceptors (Lipinski definition) is 8. The van der Waals surface area contributed by atoms with E-state index in [1.54, 1.807) is 0 Å². The monoisotopic (exact) mass is 308 g/mol. The Kier molecular flexibility index (Phi) is 5.52. The van der Waals surface area contributed by atoms with Gasteiger partial charge in [-0.15, -0.1) is 0 Å². The maximum Gasteiger partial charge on any atom is 0.303 e. The summed E-state index contributed by atoms with van der Waals surface area (Å²) < 4.78 is 41.7. The molecule has 0 bridgehead atoms. The zero-order chi connectivity index (χ0) is 15.3. The van der Waals surface area contributed by atoms with Gasteiger partial charge < -0.3 is 14.2 Å². The molecule has 0 N–H and O–H groups in total. The van der Waals surface area contributed by atoms with Gasteiger partial charge in [0.25, 0.3) is 10.1 Å². The lowest BCUT2D eigenvalue weighted by atomic mass is 10.1. The molecular formula is C11H16O8S. The molecule has 0 amide bonds. The molecule has 0 saturated carbocycles. The Morgan fingerprint density at radius 3 is 2.30 bits per heavy atom. The average molecular weight is 308 g/mol. The maximum absolute atomic E-state index is 11.1. The molecule has 0 radical (unpaired) electrons. The second kappa shape index (κ2) is 6.71. The lowest BCUT2D eigenvalue weighted by Gasteiger charge is -2.32. The first-order valence-corrected chi connectivity index (χ1v) is 7.51. The summed E-state index contributed by atoms with van der Waals surface area (Å²) in [5.41, 5.74) is 0. The minimum absolute atomic E-state index is 0.362. The molecule has 114 valence electrons. The van der Waals surface area contributed by atoms with E-state index in [4.69, 9.17) is 14.2 Å². The van der Waals surface area contributed by atoms with Crippen molar-refractivity contribution in [3.63, 3.8) is 0 Å². The molecule has 0 aromatic rings. The van der Waals surface area contributed by atoms with Crippen molar-refractivity contribution < 1.29 is 36.4 Å². The van der Waals surface area contributed by atoms with Crippen LogP contribution in [0.1, 0.15) is 13.8 Å². The van der Waals surface area contributed by atoms with Crippen molar-refractivity contribution in [2.45, 2.75) is 32.2 Å². The SMILES string of the molecule is CC(=O)O[C@@H]1[C@H](OC(C)=O)C=CO[C@@H]1COS(C)(=O)=O. The van der Waals surface area contributed by atoms with E-state index in [2.05, 4.69) is 4.18 Å². The summed E-state index contributed by atoms with van der Waals surface area (Å²) in [7, 11) is -3.67. The van der Waals surface area contributed by atoms with E-state index in [1.807, 2.05) is 0 Å². The van der Waals surface area contributed by atoms with Crippen molar-refractivity contribution in [1.82, 2.24) is 0 Å². The third-order valence-corrected chi connectivity index (χ3v) is 2.83. The molecule has 20 heavy (non-hydrogen) atoms. The Morgan fingerprint density at radius 2 is 1.80 bits per heavy atom. The summed E-state index contributed by atoms with van der Waals surface area (Å²) in [5.74, 6) is -1.18. The summed E-state index contributed by atoms with van der Waals surface area (Å²) >= 11 is 0. The average Bonchev–Trinajstić information content (AvgIpc) is 2.27. The van der Waals surface area contributed by atoms with Gasteiger partial charge in [-0.2, -0.15) is 8.42 Å². The van der Waals surface area contributed by atoms with Crippen LogP contribution in [0.5, 0.6) is 0 Å². The van der Waals surface area contributed by atoms with E-state index >= 15 is 0 Å². The second-order valence-electron chi connectivity index (χ2n) is 4.14. The van der Waals surface area contributed by atoms with Crippen LogP contribution in [0.3, 0.4) is 0 Å². The largest absolute Gasteiger partial charge is 0.492 e. The fourth-order valence-electron chi connectivity index (χ4n) is 1.58. The van der Waals surface area contributed by atoms with Crippen LogP contribution in [0, 0.1) is 0 Å². The maximum atomic E-state index is 11.1. The third-order valence-electron chi connectivity index (χ3n) is 2.26. The Hall–Kier alpha value is -1.61. The normalized spacial score (nSPS) is 25.6. The van der Waals surface area contributed by atoms with Crippen LogP contribution in [-0.4, -0.2) is 51.5 Å². The van der Waals surface area contributed by atoms with Gasteiger partial charge in [0.2, 0.25) is 0 Å². The van der Waals surface area contributed by atoms with Crippen LogP contribution >= 0.6 is 0 Å². The van der Waals surface area contributed by atoms with E-state index < -0.39 is 40.4 Å². The minimum Gasteiger partial charge on any atom is -0.492 e. The van der Waals surface area contributed by atoms with Crippen LogP contribution < -0.4 is 0 Å². The van der Waals surface area contributed by atoms with Gasteiger partial charge in [-0.25, -0.2) is 0 Å². The third kappa shape index (κ3) is 5.57. The Balaban J connectivity index is 2.82. The lowest BCUT2D eigenvalue weighted by Crippen LogP contribution is -2.47. The number of rotatable bonds is 5. The van der Waals surface area contributed by atoms with Gasteiger partial charge >= 0.3 is 11.9 Å². The quantitative estimate of drug-likeness (QED) is 0.505. The minimum atomic E-state index is -3.67. The first-order valence-electron chi connectivity index (χ1n) is 5.70. The van der Waals surface area contributed by atoms with E-state index in [9.17, 15) is 18.0 Å². The second-order valence-corrected chi connectivity index (χ2v) is 5.78. The van der Waals surface area contributed by atoms with Gasteiger partial charge in [-0.05, 0) is 6.08 Å². The molecule has 0 aliphatic carbocycles. The summed E-state index contributed by atoms with van der Waals surface area (Å²) in [6.07, 6.45) is 0.774. The predicted molar refractivity (Wildman–Crippen MR) is 65.9 cm³/mol. The number of carbonyl (C=O) groups excluding carboxylic acids is 2. The van der Waals surface area contributed by atoms with Gasteiger partial charge in [0.1, 0.15) is 6.61 Å². The van der Waals surface area contributed by atoms with Crippen molar-refractivity contribution in [2.24, 2.45) is 0 Å². The van der Waals surface area contributed by atoms with Gasteiger partial charge in [0.05, 0.1) is 12.5 Å². The molecule has 1 heterocycles. The number of hydrogen-bond donors (Lipinski definition) is 0. The van der Waals surface area contributed by atoms with Gasteiger partial charge in [0.15, 0.2) is 18.3 Å². The fraction of sp³-hybridized carbons (Fsp3) is 0.636. The summed E-state index contributed by atoms with van der Waals surface area (Å²) in [5, 5.41) is 0. The topological polar surface area (TPSA) is 105 Å². The summed E-state index contributed by atoms with van der Waals surface area (Å²) in [6.45, 7) is 2.02. The molecule has 0 aromatic heterocycles. The Morgan fingerprint density at radius 1 is 1.20 bits per heavy atom. The smallest absolute Gasteiger partial charge is 0.303 e. The van der Waals surface area contributed by atoms with Gasteiger partial charge in [-0.3, -0.25) is 13.8 Å². The molecular weight excluding hydrogens is 292 g/mol. The molecule has 0 spiro atoms. The van der Waals surface area contributed by atoms with Crippen molar-refractivity contribution in [3.05, 3.63) is 12.3 Å². The van der Waals surface area contributed by atoms with Gasteiger partial charge in [0, 0.05) is 13.8 Å². The summed E-state index contributed by atoms with van der Waals surface area (Å²) in [4.78, 5) is 22.1. The molecule has 0 unspecified atom stereocenters. The highest BCUT2D eigenvalue weighted by Crippen LogP contribution is 2.20. The molecule has 0 saturated heterocycles. The Labute approximate surface area is 116 Å². The number of carbonyl (C=O) groups is 2. The molecule has 1 rings (SSSR count). The van der Waals surface area contributed by atoms with Crippen LogP contribution in [-0.2, 0) is 38.1 Å². The zero-order valence-electron chi connectivity index (χ0n) is 11.3. The molecule has 3 atom stereocenters. The number of esters is 2. The zero-order valence-corrected chi connectivity index (χ0v) is 12.1. The van der Waals surface area contributed by atoms with Crippen LogP contribution in [0.15, 0.2) is 12.3 Å². The van der Waals surface area contributed by atoms with Crippen molar-refractivity contribution in [3.8, 4) is 0 Å². The van der Waals surface area contributed by atoms with Crippen molar-refractivity contribution in [1.29, 1.82) is 0 Å². The highest BCUT2D eigenvalue weighted by molar-refractivity contribution is 7.85. The van der Waals surface area contributed by atoms with Gasteiger partial charge in [-0.1, -0.05) is 0 Å². The lowest BCUT2D eigenvalue weighted by molar-refractivity contribution is -0.175. The fourth-order valence-corrected chi connectivity index (χ4v) is 1.96. The van der Waals surface area contributed by atoms with Crippen molar-refractivity contribution in [2.75, 3.05) is 12.9 Å². The molecule has 8 nitrogen and oxygen atoms in total. The molecule has 9 heteroatoms. The standard InChI is InChI=1S/C11H16O8S/c1-7(12)18-9-4-5-16-10(6-17-20(3,14)15)11(9)19-8(2)13/h4-5,9-11H,6H2,1-3H3/t9-,10-,11-/m1/s1. The van der Waals surface area contributed by atoms with Crippen LogP contribution in [0.2, 0.25) is 0 Å². The molecule has 0 aromatic carbocycles. The van der Waals surface area contributed by atoms with Crippen molar-refractivity contribution >= 4 is 22.1 Å². The molecule has 1 aliphatic heterocycles. The van der Waals surface area contributed by atoms with Crippen LogP contribution in [0.4, 0.5) is 0 Å². The molecule has 1 aliphatic rings. The van der Waals surface area contributed by atoms with E-state index in [0.29, 0.717) is 0 Å². The number of ether oxygens (including phenoxy) is 3. The first-order chi connectivity index (χ1) is 9.19. The first kappa shape index (κ1) is 16.4. The highest BCUT2D eigenvalue weighted by Gasteiger charge is 2.37. The highest BCUT2D eigenvalue weighted by atomic mass is 32.2. The summed E-state index contributed by atoms with van der Waals surface area (Å²) in [6, 6.07) is 0. The predicted octanol–water partition coefficient (Wildman–Crippen LogP) is -0.261. The van der Waals surface area contributed by atoms with E-state index in [0.717, 1.165) is 6.26 Å². The Bertz CT molecular complexity index is 495. The molecule has 0 fully saturated rings. The van der Waals surface area contributed by atoms with Crippen LogP contribution in [0.25, 0.3) is 0 Å².